The Morgan fingerprint density at radius 2 is 1.87 bits per heavy atom. The lowest BCUT2D eigenvalue weighted by atomic mass is 9.89. The topological polar surface area (TPSA) is 117 Å². The highest BCUT2D eigenvalue weighted by molar-refractivity contribution is 7.18. The second-order valence-corrected chi connectivity index (χ2v) is 15.3. The second kappa shape index (κ2) is 12.7. The van der Waals surface area contributed by atoms with Gasteiger partial charge in [0.2, 0.25) is 0 Å². The molecule has 2 N–H and O–H groups in total. The first-order valence-electron chi connectivity index (χ1n) is 15.9. The van der Waals surface area contributed by atoms with Crippen molar-refractivity contribution < 1.29 is 19.1 Å². The quantitative estimate of drug-likeness (QED) is 0.299. The highest BCUT2D eigenvalue weighted by atomic mass is 32.1. The molecule has 5 rings (SSSR count). The molecule has 0 aliphatic carbocycles. The summed E-state index contributed by atoms with van der Waals surface area (Å²) in [7, 11) is 2.18. The summed E-state index contributed by atoms with van der Waals surface area (Å²) < 4.78 is 6.48. The molecule has 3 atom stereocenters. The highest BCUT2D eigenvalue weighted by Gasteiger charge is 2.38. The predicted octanol–water partition coefficient (Wildman–Crippen LogP) is 6.74. The summed E-state index contributed by atoms with van der Waals surface area (Å²) in [6.07, 6.45) is 4.20. The Morgan fingerprint density at radius 3 is 2.53 bits per heavy atom. The van der Waals surface area contributed by atoms with Gasteiger partial charge in [0.05, 0.1) is 33.2 Å². The summed E-state index contributed by atoms with van der Waals surface area (Å²) in [6, 6.07) is 7.81. The smallest absolute Gasteiger partial charge is 0.413 e. The third-order valence-electron chi connectivity index (χ3n) is 8.93. The third-order valence-corrected chi connectivity index (χ3v) is 10.1. The summed E-state index contributed by atoms with van der Waals surface area (Å²) in [4.78, 5) is 52.8. The van der Waals surface area contributed by atoms with Crippen molar-refractivity contribution in [3.63, 3.8) is 0 Å². The maximum atomic E-state index is 13.7. The van der Waals surface area contributed by atoms with Gasteiger partial charge < -0.3 is 19.9 Å². The first kappa shape index (κ1) is 32.8. The van der Waals surface area contributed by atoms with Gasteiger partial charge in [-0.05, 0) is 103 Å². The van der Waals surface area contributed by atoms with E-state index in [0.29, 0.717) is 36.0 Å². The Labute approximate surface area is 269 Å². The van der Waals surface area contributed by atoms with E-state index in [1.165, 1.54) is 6.20 Å². The number of carbonyl (C=O) groups is 3. The van der Waals surface area contributed by atoms with Gasteiger partial charge in [0, 0.05) is 24.5 Å². The van der Waals surface area contributed by atoms with Gasteiger partial charge in [-0.25, -0.2) is 14.8 Å². The van der Waals surface area contributed by atoms with Crippen molar-refractivity contribution in [2.24, 2.45) is 5.92 Å². The molecule has 4 heterocycles. The van der Waals surface area contributed by atoms with Crippen LogP contribution >= 0.6 is 11.3 Å². The SMILES string of the molecule is CCc1cc(NC(=O)C(=O)N2C[C@@H](C)CC[C@@H]2c2ccc3sc(C4CN(C)C(C)(C)C4)nc3c2)cnc1NC(=O)OC(C)(C)C. The molecule has 2 aliphatic heterocycles. The molecule has 0 bridgehead atoms. The van der Waals surface area contributed by atoms with E-state index < -0.39 is 23.5 Å². The number of likely N-dealkylation sites (tertiary alicyclic amines) is 2. The number of hydrogen-bond donors (Lipinski definition) is 2. The number of ether oxygens (including phenoxy) is 1. The fourth-order valence-electron chi connectivity index (χ4n) is 6.31. The highest BCUT2D eigenvalue weighted by Crippen LogP contribution is 2.41. The number of pyridine rings is 1. The van der Waals surface area contributed by atoms with Crippen molar-refractivity contribution in [3.8, 4) is 0 Å². The van der Waals surface area contributed by atoms with Crippen LogP contribution in [0.4, 0.5) is 16.3 Å². The Bertz CT molecular complexity index is 1590. The van der Waals surface area contributed by atoms with Crippen LogP contribution in [0.3, 0.4) is 0 Å². The van der Waals surface area contributed by atoms with E-state index in [0.717, 1.165) is 46.6 Å². The summed E-state index contributed by atoms with van der Waals surface area (Å²) in [6.45, 7) is 15.4. The van der Waals surface area contributed by atoms with Crippen molar-refractivity contribution >= 4 is 51.0 Å². The van der Waals surface area contributed by atoms with Crippen LogP contribution in [0.2, 0.25) is 0 Å². The van der Waals surface area contributed by atoms with Crippen molar-refractivity contribution in [2.45, 2.75) is 97.2 Å². The second-order valence-electron chi connectivity index (χ2n) is 14.2. The number of hydrogen-bond acceptors (Lipinski definition) is 8. The summed E-state index contributed by atoms with van der Waals surface area (Å²) >= 11 is 1.76. The predicted molar refractivity (Wildman–Crippen MR) is 179 cm³/mol. The monoisotopic (exact) mass is 634 g/mol. The number of nitrogens with one attached hydrogen (secondary N) is 2. The first-order chi connectivity index (χ1) is 21.1. The van der Waals surface area contributed by atoms with Gasteiger partial charge in [0.25, 0.3) is 0 Å². The molecule has 0 spiro atoms. The van der Waals surface area contributed by atoms with Crippen LogP contribution in [0, 0.1) is 5.92 Å². The summed E-state index contributed by atoms with van der Waals surface area (Å²) in [5.74, 6) is -0.244. The van der Waals surface area contributed by atoms with Gasteiger partial charge >= 0.3 is 17.9 Å². The maximum absolute atomic E-state index is 13.7. The first-order valence-corrected chi connectivity index (χ1v) is 16.7. The Hall–Kier alpha value is -3.57. The van der Waals surface area contributed by atoms with Crippen LogP contribution in [0.15, 0.2) is 30.5 Å². The number of nitrogens with zero attached hydrogens (tertiary/aromatic N) is 4. The van der Waals surface area contributed by atoms with E-state index in [9.17, 15) is 14.4 Å². The molecule has 242 valence electrons. The Balaban J connectivity index is 1.31. The summed E-state index contributed by atoms with van der Waals surface area (Å²) in [5.41, 5.74) is 2.56. The van der Waals surface area contributed by atoms with E-state index in [1.54, 1.807) is 43.1 Å². The minimum absolute atomic E-state index is 0.154. The molecule has 0 radical (unpaired) electrons. The van der Waals surface area contributed by atoms with Gasteiger partial charge in [0.15, 0.2) is 0 Å². The number of likely N-dealkylation sites (N-methyl/N-ethyl adjacent to an activating group) is 1. The van der Waals surface area contributed by atoms with E-state index in [1.807, 2.05) is 6.92 Å². The molecular formula is C34H46N6O4S. The molecule has 2 fully saturated rings. The molecule has 2 aromatic heterocycles. The zero-order valence-corrected chi connectivity index (χ0v) is 28.5. The van der Waals surface area contributed by atoms with Gasteiger partial charge in [0.1, 0.15) is 11.4 Å². The van der Waals surface area contributed by atoms with Crippen LogP contribution in [-0.2, 0) is 20.7 Å². The molecule has 10 nitrogen and oxygen atoms in total. The lowest BCUT2D eigenvalue weighted by Gasteiger charge is -2.38. The van der Waals surface area contributed by atoms with Crippen LogP contribution in [0.1, 0.15) is 95.8 Å². The number of fused-ring (bicyclic) bond motifs is 1. The molecule has 2 aliphatic rings. The van der Waals surface area contributed by atoms with Gasteiger partial charge in [-0.1, -0.05) is 19.9 Å². The van der Waals surface area contributed by atoms with Crippen molar-refractivity contribution in [3.05, 3.63) is 46.6 Å². The van der Waals surface area contributed by atoms with Crippen LogP contribution in [0.5, 0.6) is 0 Å². The van der Waals surface area contributed by atoms with E-state index >= 15 is 0 Å². The average Bonchev–Trinajstić information content (AvgIpc) is 3.51. The fraction of sp³-hybridized carbons (Fsp3) is 0.559. The van der Waals surface area contributed by atoms with Gasteiger partial charge in [-0.15, -0.1) is 11.3 Å². The van der Waals surface area contributed by atoms with E-state index in [2.05, 4.69) is 66.5 Å². The number of aryl methyl sites for hydroxylation is 1. The number of anilines is 2. The number of benzene rings is 1. The molecule has 1 unspecified atom stereocenters. The molecule has 1 aromatic carbocycles. The standard InChI is InChI=1S/C34H46N6O4S/c1-9-21-14-24(17-35-28(21)38-32(43)44-33(3,4)5)36-29(41)31(42)40-18-20(2)10-12-26(40)22-11-13-27-25(15-22)37-30(45-27)23-16-34(6,7)39(8)19-23/h11,13-15,17,20,23,26H,9-10,12,16,18-19H2,1-8H3,(H,36,41)(H,35,38,43)/t20-,23?,26+/m0/s1. The molecular weight excluding hydrogens is 588 g/mol. The molecule has 45 heavy (non-hydrogen) atoms. The lowest BCUT2D eigenvalue weighted by Crippen LogP contribution is -2.46. The number of rotatable bonds is 5. The Kier molecular flexibility index (Phi) is 9.24. The van der Waals surface area contributed by atoms with E-state index in [4.69, 9.17) is 9.72 Å². The molecule has 3 amide bonds. The average molecular weight is 635 g/mol. The lowest BCUT2D eigenvalue weighted by molar-refractivity contribution is -0.146. The van der Waals surface area contributed by atoms with Crippen LogP contribution < -0.4 is 10.6 Å². The summed E-state index contributed by atoms with van der Waals surface area (Å²) in [5, 5.41) is 6.58. The number of piperidine rings is 1. The van der Waals surface area contributed by atoms with Crippen molar-refractivity contribution in [1.82, 2.24) is 19.8 Å². The number of thiazole rings is 1. The number of carbonyl (C=O) groups excluding carboxylic acids is 3. The largest absolute Gasteiger partial charge is 0.444 e. The van der Waals surface area contributed by atoms with Crippen LogP contribution in [-0.4, -0.2) is 69.0 Å². The van der Waals surface area contributed by atoms with Crippen molar-refractivity contribution in [1.29, 1.82) is 0 Å². The molecule has 0 saturated carbocycles. The van der Waals surface area contributed by atoms with Crippen LogP contribution in [0.25, 0.3) is 10.2 Å². The van der Waals surface area contributed by atoms with Gasteiger partial charge in [-0.2, -0.15) is 0 Å². The fourth-order valence-corrected chi connectivity index (χ4v) is 7.35. The van der Waals surface area contributed by atoms with Crippen molar-refractivity contribution in [2.75, 3.05) is 30.8 Å². The minimum Gasteiger partial charge on any atom is -0.444 e. The zero-order chi connectivity index (χ0) is 32.7. The molecule has 3 aromatic rings. The minimum atomic E-state index is -0.712. The molecule has 11 heteroatoms. The van der Waals surface area contributed by atoms with Gasteiger partial charge in [-0.3, -0.25) is 14.9 Å². The third kappa shape index (κ3) is 7.47. The Morgan fingerprint density at radius 1 is 1.11 bits per heavy atom. The maximum Gasteiger partial charge on any atom is 0.413 e. The van der Waals surface area contributed by atoms with E-state index in [-0.39, 0.29) is 17.5 Å². The normalized spacial score (nSPS) is 22.0. The number of amides is 3. The number of aromatic nitrogens is 2. The zero-order valence-electron chi connectivity index (χ0n) is 27.7. The molecule has 2 saturated heterocycles.